The molecule has 0 radical (unpaired) electrons. The summed E-state index contributed by atoms with van der Waals surface area (Å²) in [6, 6.07) is 20.2. The zero-order valence-electron chi connectivity index (χ0n) is 19.5. The van der Waals surface area contributed by atoms with Crippen LogP contribution in [0.1, 0.15) is 39.1 Å². The Morgan fingerprint density at radius 2 is 1.62 bits per heavy atom. The summed E-state index contributed by atoms with van der Waals surface area (Å²) in [4.78, 5) is 38.8. The highest BCUT2D eigenvalue weighted by Gasteiger charge is 2.29. The molecule has 0 aliphatic heterocycles. The van der Waals surface area contributed by atoms with Gasteiger partial charge in [-0.1, -0.05) is 54.6 Å². The average Bonchev–Trinajstić information content (AvgIpc) is 3.23. The van der Waals surface area contributed by atoms with E-state index in [1.165, 1.54) is 18.2 Å². The van der Waals surface area contributed by atoms with Crippen molar-refractivity contribution < 1.29 is 29.6 Å². The fourth-order valence-corrected chi connectivity index (χ4v) is 4.75. The van der Waals surface area contributed by atoms with Gasteiger partial charge in [-0.25, -0.2) is 9.59 Å². The number of hydrogen-bond acceptors (Lipinski definition) is 6. The summed E-state index contributed by atoms with van der Waals surface area (Å²) in [5.74, 6) is -1.48. The fourth-order valence-electron chi connectivity index (χ4n) is 4.75. The number of H-pyrrole nitrogens is 1. The van der Waals surface area contributed by atoms with Gasteiger partial charge in [-0.3, -0.25) is 4.79 Å². The highest BCUT2D eigenvalue weighted by atomic mass is 16.5. The van der Waals surface area contributed by atoms with Crippen LogP contribution in [-0.4, -0.2) is 51.6 Å². The molecule has 188 valence electrons. The van der Waals surface area contributed by atoms with E-state index in [0.29, 0.717) is 5.52 Å². The summed E-state index contributed by atoms with van der Waals surface area (Å²) in [6.07, 6.45) is -2.48. The molecular formula is C28H24N2O7. The lowest BCUT2D eigenvalue weighted by Crippen LogP contribution is -2.36. The number of carboxylic acids is 1. The molecule has 1 amide bonds. The summed E-state index contributed by atoms with van der Waals surface area (Å²) in [7, 11) is 0. The van der Waals surface area contributed by atoms with Gasteiger partial charge in [-0.15, -0.1) is 0 Å². The van der Waals surface area contributed by atoms with E-state index < -0.39 is 35.3 Å². The Morgan fingerprint density at radius 3 is 2.27 bits per heavy atom. The summed E-state index contributed by atoms with van der Waals surface area (Å²) in [5.41, 5.74) is 3.80. The van der Waals surface area contributed by atoms with Gasteiger partial charge in [0, 0.05) is 29.6 Å². The van der Waals surface area contributed by atoms with Crippen molar-refractivity contribution >= 4 is 23.0 Å². The molecule has 1 aliphatic rings. The Kier molecular flexibility index (Phi) is 6.47. The van der Waals surface area contributed by atoms with Crippen LogP contribution in [0.3, 0.4) is 0 Å². The number of nitrogens with one attached hydrogen (secondary N) is 2. The predicted molar refractivity (Wildman–Crippen MR) is 136 cm³/mol. The van der Waals surface area contributed by atoms with Crippen molar-refractivity contribution in [3.05, 3.63) is 105 Å². The number of pyridine rings is 1. The Labute approximate surface area is 211 Å². The van der Waals surface area contributed by atoms with Gasteiger partial charge >= 0.3 is 12.1 Å². The minimum absolute atomic E-state index is 0.0631. The lowest BCUT2D eigenvalue weighted by molar-refractivity contribution is 0.0186. The summed E-state index contributed by atoms with van der Waals surface area (Å²) in [6.45, 7) is -0.195. The second-order valence-corrected chi connectivity index (χ2v) is 8.86. The van der Waals surface area contributed by atoms with Crippen LogP contribution in [0, 0.1) is 0 Å². The number of benzene rings is 3. The van der Waals surface area contributed by atoms with Crippen molar-refractivity contribution in [3.63, 3.8) is 0 Å². The summed E-state index contributed by atoms with van der Waals surface area (Å²) in [5, 5.41) is 32.7. The SMILES string of the molecule is O=C(NCC(O)C(O)c1ccc2[nH]cc(C(=O)O)c(=O)c2c1)OCC1c2ccccc2-c2ccccc21. The first-order chi connectivity index (χ1) is 17.8. The number of aliphatic hydroxyl groups excluding tert-OH is 2. The molecule has 37 heavy (non-hydrogen) atoms. The molecule has 5 rings (SSSR count). The second kappa shape index (κ2) is 9.88. The van der Waals surface area contributed by atoms with Crippen molar-refractivity contribution in [1.82, 2.24) is 10.3 Å². The number of rotatable bonds is 7. The van der Waals surface area contributed by atoms with Gasteiger partial charge in [-0.2, -0.15) is 0 Å². The normalized spacial score (nSPS) is 14.0. The third-order valence-corrected chi connectivity index (χ3v) is 6.64. The number of fused-ring (bicyclic) bond motifs is 4. The molecule has 0 saturated carbocycles. The molecule has 1 heterocycles. The molecule has 2 unspecified atom stereocenters. The maximum absolute atomic E-state index is 12.4. The van der Waals surface area contributed by atoms with E-state index in [1.807, 2.05) is 48.5 Å². The van der Waals surface area contributed by atoms with Crippen LogP contribution < -0.4 is 10.7 Å². The number of carbonyl (C=O) groups is 2. The van der Waals surface area contributed by atoms with Crippen molar-refractivity contribution in [2.45, 2.75) is 18.1 Å². The number of carbonyl (C=O) groups excluding carboxylic acids is 1. The maximum atomic E-state index is 12.4. The molecule has 3 aromatic carbocycles. The summed E-state index contributed by atoms with van der Waals surface area (Å²) < 4.78 is 5.44. The van der Waals surface area contributed by atoms with Crippen LogP contribution in [0.25, 0.3) is 22.0 Å². The third kappa shape index (κ3) is 4.57. The highest BCUT2D eigenvalue weighted by molar-refractivity contribution is 5.92. The zero-order valence-corrected chi connectivity index (χ0v) is 19.5. The number of carboxylic acid groups (broad SMARTS) is 1. The van der Waals surface area contributed by atoms with Crippen molar-refractivity contribution in [2.75, 3.05) is 13.2 Å². The molecule has 2 atom stereocenters. The number of aliphatic hydroxyl groups is 2. The number of aromatic amines is 1. The first kappa shape index (κ1) is 24.2. The molecule has 0 bridgehead atoms. The van der Waals surface area contributed by atoms with Gasteiger partial charge in [0.25, 0.3) is 0 Å². The van der Waals surface area contributed by atoms with E-state index in [2.05, 4.69) is 10.3 Å². The minimum Gasteiger partial charge on any atom is -0.477 e. The highest BCUT2D eigenvalue weighted by Crippen LogP contribution is 2.44. The van der Waals surface area contributed by atoms with Crippen LogP contribution in [0.4, 0.5) is 4.79 Å². The van der Waals surface area contributed by atoms with E-state index in [-0.39, 0.29) is 30.0 Å². The van der Waals surface area contributed by atoms with Crippen LogP contribution in [-0.2, 0) is 4.74 Å². The third-order valence-electron chi connectivity index (χ3n) is 6.64. The topological polar surface area (TPSA) is 149 Å². The smallest absolute Gasteiger partial charge is 0.407 e. The quantitative estimate of drug-likeness (QED) is 0.262. The minimum atomic E-state index is -1.44. The van der Waals surface area contributed by atoms with E-state index in [1.54, 1.807) is 0 Å². The zero-order chi connectivity index (χ0) is 26.1. The number of ether oxygens (including phenoxy) is 1. The van der Waals surface area contributed by atoms with E-state index >= 15 is 0 Å². The molecule has 0 fully saturated rings. The molecule has 9 nitrogen and oxygen atoms in total. The standard InChI is InChI=1S/C28H24N2O7/c31-24(25(32)15-9-10-23-20(11-15)26(33)21(12-29-23)27(34)35)13-30-28(36)37-14-22-18-7-3-1-5-16(18)17-6-2-4-8-19(17)22/h1-12,22,24-25,31-32H,13-14H2,(H,29,33)(H,30,36)(H,34,35). The number of alkyl carbamates (subject to hydrolysis) is 1. The van der Waals surface area contributed by atoms with Gasteiger partial charge < -0.3 is 30.4 Å². The number of aromatic nitrogens is 1. The van der Waals surface area contributed by atoms with Gasteiger partial charge in [0.2, 0.25) is 5.43 Å². The predicted octanol–water partition coefficient (Wildman–Crippen LogP) is 3.16. The Bertz CT molecular complexity index is 1520. The Hall–Kier alpha value is -4.47. The molecule has 1 aromatic heterocycles. The molecule has 1 aliphatic carbocycles. The molecule has 9 heteroatoms. The van der Waals surface area contributed by atoms with Crippen molar-refractivity contribution in [1.29, 1.82) is 0 Å². The van der Waals surface area contributed by atoms with Crippen molar-refractivity contribution in [3.8, 4) is 11.1 Å². The Balaban J connectivity index is 1.22. The number of aromatic carboxylic acids is 1. The lowest BCUT2D eigenvalue weighted by Gasteiger charge is -2.20. The first-order valence-corrected chi connectivity index (χ1v) is 11.7. The Morgan fingerprint density at radius 1 is 0.973 bits per heavy atom. The molecular weight excluding hydrogens is 476 g/mol. The van der Waals surface area contributed by atoms with Gasteiger partial charge in [0.05, 0.1) is 0 Å². The van der Waals surface area contributed by atoms with Crippen LogP contribution in [0.15, 0.2) is 77.7 Å². The maximum Gasteiger partial charge on any atom is 0.407 e. The number of amides is 1. The molecule has 0 saturated heterocycles. The van der Waals surface area contributed by atoms with Crippen LogP contribution in [0.5, 0.6) is 0 Å². The van der Waals surface area contributed by atoms with Gasteiger partial charge in [0.15, 0.2) is 0 Å². The van der Waals surface area contributed by atoms with Crippen LogP contribution >= 0.6 is 0 Å². The second-order valence-electron chi connectivity index (χ2n) is 8.86. The van der Waals surface area contributed by atoms with Gasteiger partial charge in [0.1, 0.15) is 24.4 Å². The largest absolute Gasteiger partial charge is 0.477 e. The number of hydrogen-bond donors (Lipinski definition) is 5. The monoisotopic (exact) mass is 500 g/mol. The van der Waals surface area contributed by atoms with E-state index in [4.69, 9.17) is 9.84 Å². The van der Waals surface area contributed by atoms with Crippen LogP contribution in [0.2, 0.25) is 0 Å². The van der Waals surface area contributed by atoms with Crippen molar-refractivity contribution in [2.24, 2.45) is 0 Å². The summed E-state index contributed by atoms with van der Waals surface area (Å²) >= 11 is 0. The van der Waals surface area contributed by atoms with Gasteiger partial charge in [-0.05, 0) is 39.9 Å². The fraction of sp³-hybridized carbons (Fsp3) is 0.179. The van der Waals surface area contributed by atoms with E-state index in [0.717, 1.165) is 28.5 Å². The first-order valence-electron chi connectivity index (χ1n) is 11.7. The van der Waals surface area contributed by atoms with E-state index in [9.17, 15) is 24.6 Å². The average molecular weight is 501 g/mol. The molecule has 5 N–H and O–H groups in total. The lowest BCUT2D eigenvalue weighted by atomic mass is 9.98. The molecule has 0 spiro atoms. The molecule has 4 aromatic rings.